The molecule has 0 aliphatic rings. The zero-order chi connectivity index (χ0) is 10.1. The summed E-state index contributed by atoms with van der Waals surface area (Å²) in [4.78, 5) is 0. The second-order valence-corrected chi connectivity index (χ2v) is 3.75. The third-order valence-electron chi connectivity index (χ3n) is 1.90. The molecule has 72 valence electrons. The summed E-state index contributed by atoms with van der Waals surface area (Å²) in [6, 6.07) is 4.52. The van der Waals surface area contributed by atoms with Gasteiger partial charge in [-0.2, -0.15) is 8.75 Å². The van der Waals surface area contributed by atoms with Crippen LogP contribution in [0.15, 0.2) is 18.2 Å². The van der Waals surface area contributed by atoms with E-state index >= 15 is 0 Å². The topological polar surface area (TPSA) is 25.8 Å². The lowest BCUT2D eigenvalue weighted by Crippen LogP contribution is -1.85. The maximum Gasteiger partial charge on any atom is 0.170 e. The molecule has 0 unspecified atom stereocenters. The van der Waals surface area contributed by atoms with Crippen LogP contribution in [0.4, 0.5) is 4.39 Å². The van der Waals surface area contributed by atoms with Crippen LogP contribution in [0.2, 0.25) is 5.15 Å². The summed E-state index contributed by atoms with van der Waals surface area (Å²) in [6.45, 7) is 1.88. The molecule has 14 heavy (non-hydrogen) atoms. The summed E-state index contributed by atoms with van der Waals surface area (Å²) in [7, 11) is 0. The fourth-order valence-corrected chi connectivity index (χ4v) is 1.94. The van der Waals surface area contributed by atoms with Crippen molar-refractivity contribution in [1.29, 1.82) is 0 Å². The van der Waals surface area contributed by atoms with E-state index in [4.69, 9.17) is 11.6 Å². The Morgan fingerprint density at radius 1 is 1.36 bits per heavy atom. The van der Waals surface area contributed by atoms with E-state index in [1.165, 1.54) is 12.1 Å². The number of hydrogen-bond donors (Lipinski definition) is 0. The van der Waals surface area contributed by atoms with Crippen molar-refractivity contribution in [3.63, 3.8) is 0 Å². The second-order valence-electron chi connectivity index (χ2n) is 2.86. The Kier molecular flexibility index (Phi) is 2.48. The van der Waals surface area contributed by atoms with Gasteiger partial charge >= 0.3 is 0 Å². The molecule has 0 atom stereocenters. The third-order valence-corrected chi connectivity index (χ3v) is 2.80. The number of nitrogens with zero attached hydrogens (tertiary/aromatic N) is 2. The van der Waals surface area contributed by atoms with Crippen LogP contribution in [0, 0.1) is 12.7 Å². The highest BCUT2D eigenvalue weighted by Crippen LogP contribution is 2.28. The van der Waals surface area contributed by atoms with Crippen LogP contribution in [0.1, 0.15) is 5.56 Å². The molecule has 0 fully saturated rings. The standard InChI is InChI=1S/C9H6ClFN2S/c1-5-2-3-6(11)4-7(5)8-9(10)13-14-12-8/h2-4H,1H3. The lowest BCUT2D eigenvalue weighted by Gasteiger charge is -2.01. The van der Waals surface area contributed by atoms with Gasteiger partial charge in [0.2, 0.25) is 0 Å². The quantitative estimate of drug-likeness (QED) is 0.749. The summed E-state index contributed by atoms with van der Waals surface area (Å²) in [5, 5.41) is 0.323. The summed E-state index contributed by atoms with van der Waals surface area (Å²) in [6.07, 6.45) is 0. The Balaban J connectivity index is 2.62. The lowest BCUT2D eigenvalue weighted by molar-refractivity contribution is 0.628. The second kappa shape index (κ2) is 3.63. The van der Waals surface area contributed by atoms with Crippen molar-refractivity contribution in [3.8, 4) is 11.3 Å². The fourth-order valence-electron chi connectivity index (χ4n) is 1.19. The number of hydrogen-bond acceptors (Lipinski definition) is 3. The summed E-state index contributed by atoms with van der Waals surface area (Å²) >= 11 is 6.83. The molecule has 1 aromatic carbocycles. The van der Waals surface area contributed by atoms with Gasteiger partial charge in [0.1, 0.15) is 11.5 Å². The molecule has 0 aliphatic heterocycles. The average Bonchev–Trinajstić information content (AvgIpc) is 2.56. The zero-order valence-corrected chi connectivity index (χ0v) is 8.86. The lowest BCUT2D eigenvalue weighted by atomic mass is 10.1. The number of aryl methyl sites for hydroxylation is 1. The van der Waals surface area contributed by atoms with Gasteiger partial charge in [-0.1, -0.05) is 17.7 Å². The first kappa shape index (κ1) is 9.55. The molecule has 0 bridgehead atoms. The molecule has 0 spiro atoms. The Morgan fingerprint density at radius 3 is 2.79 bits per heavy atom. The van der Waals surface area contributed by atoms with E-state index in [2.05, 4.69) is 8.75 Å². The number of rotatable bonds is 1. The molecule has 0 saturated heterocycles. The minimum Gasteiger partial charge on any atom is -0.207 e. The van der Waals surface area contributed by atoms with Crippen molar-refractivity contribution < 1.29 is 4.39 Å². The van der Waals surface area contributed by atoms with E-state index in [9.17, 15) is 4.39 Å². The van der Waals surface area contributed by atoms with Gasteiger partial charge in [0.25, 0.3) is 0 Å². The summed E-state index contributed by atoms with van der Waals surface area (Å²) in [5.41, 5.74) is 2.18. The normalized spacial score (nSPS) is 10.5. The molecule has 1 aromatic heterocycles. The summed E-state index contributed by atoms with van der Waals surface area (Å²) < 4.78 is 20.8. The van der Waals surface area contributed by atoms with Crippen molar-refractivity contribution in [3.05, 3.63) is 34.7 Å². The predicted octanol–water partition coefficient (Wildman–Crippen LogP) is 3.31. The molecular weight excluding hydrogens is 223 g/mol. The van der Waals surface area contributed by atoms with Crippen LogP contribution in [0.5, 0.6) is 0 Å². The van der Waals surface area contributed by atoms with E-state index in [1.807, 2.05) is 6.92 Å². The number of aromatic nitrogens is 2. The fraction of sp³-hybridized carbons (Fsp3) is 0.111. The van der Waals surface area contributed by atoms with Gasteiger partial charge in [0.15, 0.2) is 5.15 Å². The maximum absolute atomic E-state index is 13.0. The Hall–Kier alpha value is -1.00. The molecule has 5 heteroatoms. The van der Waals surface area contributed by atoms with E-state index in [0.717, 1.165) is 17.3 Å². The van der Waals surface area contributed by atoms with Crippen LogP contribution in [-0.4, -0.2) is 8.75 Å². The van der Waals surface area contributed by atoms with Gasteiger partial charge in [-0.05, 0) is 24.6 Å². The van der Waals surface area contributed by atoms with Gasteiger partial charge < -0.3 is 0 Å². The first-order valence-corrected chi connectivity index (χ1v) is 5.04. The van der Waals surface area contributed by atoms with Crippen molar-refractivity contribution >= 4 is 23.3 Å². The molecule has 0 amide bonds. The molecule has 0 aliphatic carbocycles. The van der Waals surface area contributed by atoms with Crippen LogP contribution in [0.25, 0.3) is 11.3 Å². The molecule has 2 rings (SSSR count). The third kappa shape index (κ3) is 1.63. The van der Waals surface area contributed by atoms with Gasteiger partial charge in [-0.15, -0.1) is 0 Å². The Morgan fingerprint density at radius 2 is 2.14 bits per heavy atom. The Labute approximate surface area is 89.7 Å². The van der Waals surface area contributed by atoms with Crippen LogP contribution in [0.3, 0.4) is 0 Å². The minimum atomic E-state index is -0.297. The summed E-state index contributed by atoms with van der Waals surface area (Å²) in [5.74, 6) is -0.297. The largest absolute Gasteiger partial charge is 0.207 e. The van der Waals surface area contributed by atoms with Crippen LogP contribution >= 0.6 is 23.3 Å². The van der Waals surface area contributed by atoms with Gasteiger partial charge in [-0.3, -0.25) is 0 Å². The van der Waals surface area contributed by atoms with Crippen LogP contribution < -0.4 is 0 Å². The maximum atomic E-state index is 13.0. The average molecular weight is 229 g/mol. The van der Waals surface area contributed by atoms with Gasteiger partial charge in [0.05, 0.1) is 11.7 Å². The smallest absolute Gasteiger partial charge is 0.170 e. The highest BCUT2D eigenvalue weighted by molar-refractivity contribution is 6.99. The number of benzene rings is 1. The van der Waals surface area contributed by atoms with E-state index in [0.29, 0.717) is 16.4 Å². The van der Waals surface area contributed by atoms with Gasteiger partial charge in [-0.25, -0.2) is 4.39 Å². The molecule has 1 heterocycles. The molecule has 2 nitrogen and oxygen atoms in total. The highest BCUT2D eigenvalue weighted by Gasteiger charge is 2.11. The highest BCUT2D eigenvalue weighted by atomic mass is 35.5. The van der Waals surface area contributed by atoms with Crippen molar-refractivity contribution in [2.45, 2.75) is 6.92 Å². The molecule has 0 saturated carbocycles. The van der Waals surface area contributed by atoms with Crippen LogP contribution in [-0.2, 0) is 0 Å². The number of halogens is 2. The van der Waals surface area contributed by atoms with Crippen molar-refractivity contribution in [2.24, 2.45) is 0 Å². The molecule has 2 aromatic rings. The van der Waals surface area contributed by atoms with E-state index < -0.39 is 0 Å². The predicted molar refractivity (Wildman–Crippen MR) is 55.1 cm³/mol. The van der Waals surface area contributed by atoms with Crippen molar-refractivity contribution in [2.75, 3.05) is 0 Å². The first-order valence-electron chi connectivity index (χ1n) is 3.93. The van der Waals surface area contributed by atoms with E-state index in [-0.39, 0.29) is 5.82 Å². The zero-order valence-electron chi connectivity index (χ0n) is 7.29. The SMILES string of the molecule is Cc1ccc(F)cc1-c1nsnc1Cl. The first-order chi connectivity index (χ1) is 6.68. The molecular formula is C9H6ClFN2S. The molecule has 0 N–H and O–H groups in total. The van der Waals surface area contributed by atoms with E-state index in [1.54, 1.807) is 6.07 Å². The van der Waals surface area contributed by atoms with Crippen molar-refractivity contribution in [1.82, 2.24) is 8.75 Å². The Bertz CT molecular complexity index is 470. The molecule has 0 radical (unpaired) electrons. The van der Waals surface area contributed by atoms with Gasteiger partial charge in [0, 0.05) is 5.56 Å². The monoisotopic (exact) mass is 228 g/mol. The minimum absolute atomic E-state index is 0.297.